The third-order valence-corrected chi connectivity index (χ3v) is 5.17. The molecule has 3 heteroatoms. The molecular formula is C18H26N2O. The van der Waals surface area contributed by atoms with Gasteiger partial charge in [0.25, 0.3) is 0 Å². The summed E-state index contributed by atoms with van der Waals surface area (Å²) in [5.74, 6) is 0.875. The molecule has 0 aromatic heterocycles. The van der Waals surface area contributed by atoms with E-state index in [0.717, 1.165) is 32.4 Å². The van der Waals surface area contributed by atoms with Crippen LogP contribution in [0.2, 0.25) is 0 Å². The third-order valence-electron chi connectivity index (χ3n) is 5.17. The molecular weight excluding hydrogens is 260 g/mol. The maximum absolute atomic E-state index is 12.9. The Morgan fingerprint density at radius 3 is 2.71 bits per heavy atom. The van der Waals surface area contributed by atoms with Crippen LogP contribution in [0.5, 0.6) is 0 Å². The van der Waals surface area contributed by atoms with E-state index in [1.54, 1.807) is 0 Å². The smallest absolute Gasteiger partial charge is 0.227 e. The summed E-state index contributed by atoms with van der Waals surface area (Å²) in [5, 5.41) is 6.78. The van der Waals surface area contributed by atoms with E-state index in [4.69, 9.17) is 0 Å². The van der Waals surface area contributed by atoms with Crippen LogP contribution in [-0.2, 0) is 4.79 Å². The summed E-state index contributed by atoms with van der Waals surface area (Å²) in [6, 6.07) is 10.6. The molecule has 1 aliphatic heterocycles. The highest BCUT2D eigenvalue weighted by Crippen LogP contribution is 2.42. The van der Waals surface area contributed by atoms with Crippen LogP contribution in [0.15, 0.2) is 30.3 Å². The van der Waals surface area contributed by atoms with Gasteiger partial charge in [-0.3, -0.25) is 4.79 Å². The second-order valence-electron chi connectivity index (χ2n) is 6.61. The van der Waals surface area contributed by atoms with E-state index in [1.165, 1.54) is 18.4 Å². The van der Waals surface area contributed by atoms with Crippen LogP contribution in [0.25, 0.3) is 0 Å². The van der Waals surface area contributed by atoms with Crippen LogP contribution in [-0.4, -0.2) is 19.0 Å². The Morgan fingerprint density at radius 1 is 1.38 bits per heavy atom. The summed E-state index contributed by atoms with van der Waals surface area (Å²) in [6.45, 7) is 4.00. The first-order valence-corrected chi connectivity index (χ1v) is 8.32. The molecule has 21 heavy (non-hydrogen) atoms. The van der Waals surface area contributed by atoms with Crippen LogP contribution in [0.3, 0.4) is 0 Å². The number of carbonyl (C=O) groups excluding carboxylic acids is 1. The SMILES string of the molecule is CCC1(C(=O)NC(c2ccccc2)C2CC2)CCCNC1. The molecule has 1 saturated carbocycles. The van der Waals surface area contributed by atoms with Crippen molar-refractivity contribution in [3.63, 3.8) is 0 Å². The van der Waals surface area contributed by atoms with E-state index in [9.17, 15) is 4.79 Å². The van der Waals surface area contributed by atoms with Crippen LogP contribution < -0.4 is 10.6 Å². The van der Waals surface area contributed by atoms with Gasteiger partial charge in [0.05, 0.1) is 11.5 Å². The number of hydrogen-bond donors (Lipinski definition) is 2. The third kappa shape index (κ3) is 3.13. The van der Waals surface area contributed by atoms with Gasteiger partial charge in [0, 0.05) is 6.54 Å². The Labute approximate surface area is 127 Å². The first kappa shape index (κ1) is 14.6. The van der Waals surface area contributed by atoms with Crippen molar-refractivity contribution in [1.29, 1.82) is 0 Å². The highest BCUT2D eigenvalue weighted by molar-refractivity contribution is 5.83. The number of hydrogen-bond acceptors (Lipinski definition) is 2. The molecule has 1 aromatic carbocycles. The molecule has 2 unspecified atom stereocenters. The maximum atomic E-state index is 12.9. The van der Waals surface area contributed by atoms with E-state index >= 15 is 0 Å². The summed E-state index contributed by atoms with van der Waals surface area (Å²) < 4.78 is 0. The molecule has 0 radical (unpaired) electrons. The minimum Gasteiger partial charge on any atom is -0.348 e. The first-order valence-electron chi connectivity index (χ1n) is 8.32. The molecule has 3 nitrogen and oxygen atoms in total. The van der Waals surface area contributed by atoms with Gasteiger partial charge in [-0.05, 0) is 50.1 Å². The molecule has 1 amide bonds. The molecule has 0 bridgehead atoms. The topological polar surface area (TPSA) is 41.1 Å². The van der Waals surface area contributed by atoms with Gasteiger partial charge >= 0.3 is 0 Å². The number of rotatable bonds is 5. The second-order valence-corrected chi connectivity index (χ2v) is 6.61. The highest BCUT2D eigenvalue weighted by atomic mass is 16.2. The largest absolute Gasteiger partial charge is 0.348 e. The zero-order valence-electron chi connectivity index (χ0n) is 12.9. The normalized spacial score (nSPS) is 27.1. The van der Waals surface area contributed by atoms with Gasteiger partial charge in [0.2, 0.25) is 5.91 Å². The molecule has 1 saturated heterocycles. The fourth-order valence-electron chi connectivity index (χ4n) is 3.48. The predicted molar refractivity (Wildman–Crippen MR) is 84.9 cm³/mol. The number of carbonyl (C=O) groups is 1. The molecule has 114 valence electrons. The summed E-state index contributed by atoms with van der Waals surface area (Å²) in [7, 11) is 0. The van der Waals surface area contributed by atoms with E-state index in [0.29, 0.717) is 5.92 Å². The number of piperidine rings is 1. The van der Waals surface area contributed by atoms with Gasteiger partial charge in [-0.2, -0.15) is 0 Å². The van der Waals surface area contributed by atoms with Gasteiger partial charge in [-0.15, -0.1) is 0 Å². The van der Waals surface area contributed by atoms with Crippen LogP contribution in [0.4, 0.5) is 0 Å². The van der Waals surface area contributed by atoms with Gasteiger partial charge in [0.1, 0.15) is 0 Å². The molecule has 1 aliphatic carbocycles. The van der Waals surface area contributed by atoms with Crippen molar-refractivity contribution in [2.45, 2.75) is 45.1 Å². The summed E-state index contributed by atoms with van der Waals surface area (Å²) in [4.78, 5) is 12.9. The van der Waals surface area contributed by atoms with Gasteiger partial charge in [0.15, 0.2) is 0 Å². The first-order chi connectivity index (χ1) is 10.2. The predicted octanol–water partition coefficient (Wildman–Crippen LogP) is 3.03. The van der Waals surface area contributed by atoms with Crippen molar-refractivity contribution in [2.24, 2.45) is 11.3 Å². The number of nitrogens with one attached hydrogen (secondary N) is 2. The summed E-state index contributed by atoms with van der Waals surface area (Å²) in [6.07, 6.45) is 5.49. The van der Waals surface area contributed by atoms with Crippen molar-refractivity contribution in [2.75, 3.05) is 13.1 Å². The monoisotopic (exact) mass is 286 g/mol. The fraction of sp³-hybridized carbons (Fsp3) is 0.611. The van der Waals surface area contributed by atoms with E-state index in [1.807, 2.05) is 6.07 Å². The van der Waals surface area contributed by atoms with Gasteiger partial charge < -0.3 is 10.6 Å². The molecule has 1 aromatic rings. The lowest BCUT2D eigenvalue weighted by atomic mass is 9.77. The van der Waals surface area contributed by atoms with Crippen LogP contribution in [0.1, 0.15) is 50.6 Å². The van der Waals surface area contributed by atoms with E-state index < -0.39 is 0 Å². The second kappa shape index (κ2) is 6.18. The Morgan fingerprint density at radius 2 is 2.14 bits per heavy atom. The molecule has 3 rings (SSSR count). The summed E-state index contributed by atoms with van der Waals surface area (Å²) in [5.41, 5.74) is 1.04. The quantitative estimate of drug-likeness (QED) is 0.873. The van der Waals surface area contributed by atoms with E-state index in [-0.39, 0.29) is 17.4 Å². The lowest BCUT2D eigenvalue weighted by molar-refractivity contribution is -0.133. The van der Waals surface area contributed by atoms with Gasteiger partial charge in [-0.1, -0.05) is 37.3 Å². The molecule has 0 spiro atoms. The average molecular weight is 286 g/mol. The molecule has 2 atom stereocenters. The fourth-order valence-corrected chi connectivity index (χ4v) is 3.48. The van der Waals surface area contributed by atoms with E-state index in [2.05, 4.69) is 41.8 Å². The zero-order chi connectivity index (χ0) is 14.7. The minimum atomic E-state index is -0.208. The molecule has 2 N–H and O–H groups in total. The molecule has 1 heterocycles. The lowest BCUT2D eigenvalue weighted by Crippen LogP contribution is -2.51. The Balaban J connectivity index is 1.75. The zero-order valence-corrected chi connectivity index (χ0v) is 12.9. The van der Waals surface area contributed by atoms with Crippen LogP contribution in [0, 0.1) is 11.3 Å². The Bertz CT molecular complexity index is 475. The minimum absolute atomic E-state index is 0.198. The summed E-state index contributed by atoms with van der Waals surface area (Å²) >= 11 is 0. The lowest BCUT2D eigenvalue weighted by Gasteiger charge is -2.37. The maximum Gasteiger partial charge on any atom is 0.227 e. The Kier molecular flexibility index (Phi) is 4.29. The standard InChI is InChI=1S/C18H26N2O/c1-2-18(11-6-12-19-13-18)17(21)20-16(15-9-10-15)14-7-4-3-5-8-14/h3-5,7-8,15-16,19H,2,6,9-13H2,1H3,(H,20,21). The number of amides is 1. The molecule has 2 aliphatic rings. The van der Waals surface area contributed by atoms with Crippen molar-refractivity contribution in [3.05, 3.63) is 35.9 Å². The van der Waals surface area contributed by atoms with Crippen molar-refractivity contribution >= 4 is 5.91 Å². The Hall–Kier alpha value is -1.35. The molecule has 2 fully saturated rings. The van der Waals surface area contributed by atoms with Crippen molar-refractivity contribution in [3.8, 4) is 0 Å². The van der Waals surface area contributed by atoms with Crippen molar-refractivity contribution in [1.82, 2.24) is 10.6 Å². The van der Waals surface area contributed by atoms with Gasteiger partial charge in [-0.25, -0.2) is 0 Å². The highest BCUT2D eigenvalue weighted by Gasteiger charge is 2.41. The van der Waals surface area contributed by atoms with Crippen molar-refractivity contribution < 1.29 is 4.79 Å². The van der Waals surface area contributed by atoms with Crippen LogP contribution >= 0.6 is 0 Å². The average Bonchev–Trinajstić information content (AvgIpc) is 3.38. The number of benzene rings is 1.